The molecule has 0 bridgehead atoms. The van der Waals surface area contributed by atoms with Crippen LogP contribution in [0.1, 0.15) is 65.2 Å². The Morgan fingerprint density at radius 3 is 2.69 bits per heavy atom. The van der Waals surface area contributed by atoms with Gasteiger partial charge in [0.25, 0.3) is 0 Å². The lowest BCUT2D eigenvalue weighted by atomic mass is 9.48. The highest BCUT2D eigenvalue weighted by molar-refractivity contribution is 8.21. The van der Waals surface area contributed by atoms with Crippen LogP contribution in [0.3, 0.4) is 0 Å². The maximum atomic E-state index is 11.3. The molecular weight excluding hydrogens is 356 g/mol. The summed E-state index contributed by atoms with van der Waals surface area (Å²) in [6.45, 7) is 9.08. The smallest absolute Gasteiger partial charge is 0.0794 e. The number of rotatable bonds is 1. The van der Waals surface area contributed by atoms with Crippen LogP contribution in [0.15, 0.2) is 23.8 Å². The van der Waals surface area contributed by atoms with E-state index < -0.39 is 5.60 Å². The first-order valence-corrected chi connectivity index (χ1v) is 12.8. The summed E-state index contributed by atoms with van der Waals surface area (Å²) in [4.78, 5) is 0. The van der Waals surface area contributed by atoms with Crippen molar-refractivity contribution in [1.29, 1.82) is 0 Å². The van der Waals surface area contributed by atoms with Gasteiger partial charge in [-0.2, -0.15) is 0 Å². The van der Waals surface area contributed by atoms with E-state index in [1.807, 2.05) is 0 Å². The first-order chi connectivity index (χ1) is 12.4. The van der Waals surface area contributed by atoms with Crippen LogP contribution in [0.2, 0.25) is 0 Å². The van der Waals surface area contributed by atoms with Crippen LogP contribution >= 0.6 is 23.5 Å². The molecule has 0 aromatic carbocycles. The molecule has 0 amide bonds. The Hall–Kier alpha value is 0.140. The third-order valence-electron chi connectivity index (χ3n) is 9.01. The maximum absolute atomic E-state index is 11.3. The van der Waals surface area contributed by atoms with E-state index in [1.54, 1.807) is 5.57 Å². The van der Waals surface area contributed by atoms with Crippen LogP contribution in [0.4, 0.5) is 0 Å². The van der Waals surface area contributed by atoms with Gasteiger partial charge in [0.05, 0.1) is 9.68 Å². The molecular formula is C23H34OS2. The van der Waals surface area contributed by atoms with Crippen LogP contribution in [-0.4, -0.2) is 26.3 Å². The fourth-order valence-electron chi connectivity index (χ4n) is 7.82. The highest BCUT2D eigenvalue weighted by atomic mass is 32.2. The van der Waals surface area contributed by atoms with Gasteiger partial charge in [0.15, 0.2) is 0 Å². The summed E-state index contributed by atoms with van der Waals surface area (Å²) in [5.41, 5.74) is 2.85. The summed E-state index contributed by atoms with van der Waals surface area (Å²) in [5.74, 6) is 5.59. The number of hydrogen-bond acceptors (Lipinski definition) is 3. The van der Waals surface area contributed by atoms with Crippen molar-refractivity contribution in [2.24, 2.45) is 29.1 Å². The monoisotopic (exact) mass is 390 g/mol. The van der Waals surface area contributed by atoms with Crippen molar-refractivity contribution in [3.8, 4) is 0 Å². The predicted octanol–water partition coefficient (Wildman–Crippen LogP) is 6.04. The predicted molar refractivity (Wildman–Crippen MR) is 114 cm³/mol. The van der Waals surface area contributed by atoms with E-state index in [9.17, 15) is 5.11 Å². The highest BCUT2D eigenvalue weighted by Crippen LogP contribution is 2.68. The molecule has 1 saturated heterocycles. The zero-order valence-corrected chi connectivity index (χ0v) is 18.1. The fraction of sp³-hybridized carbons (Fsp3) is 0.826. The van der Waals surface area contributed by atoms with Crippen LogP contribution in [0.25, 0.3) is 0 Å². The van der Waals surface area contributed by atoms with Gasteiger partial charge in [0.2, 0.25) is 0 Å². The van der Waals surface area contributed by atoms with Gasteiger partial charge in [0, 0.05) is 16.9 Å². The minimum absolute atomic E-state index is 0.0967. The summed E-state index contributed by atoms with van der Waals surface area (Å²) in [6, 6.07) is 0. The molecule has 6 atom stereocenters. The minimum atomic E-state index is -0.496. The van der Waals surface area contributed by atoms with Crippen LogP contribution in [-0.2, 0) is 0 Å². The van der Waals surface area contributed by atoms with Gasteiger partial charge in [-0.25, -0.2) is 0 Å². The van der Waals surface area contributed by atoms with E-state index >= 15 is 0 Å². The molecule has 4 aliphatic carbocycles. The summed E-state index contributed by atoms with van der Waals surface area (Å²) in [6.07, 6.45) is 12.5. The molecule has 3 heteroatoms. The molecule has 0 aromatic rings. The van der Waals surface area contributed by atoms with Gasteiger partial charge in [-0.05, 0) is 82.0 Å². The summed E-state index contributed by atoms with van der Waals surface area (Å²) >= 11 is 4.40. The number of allylic oxidation sites excluding steroid dienone is 2. The quantitative estimate of drug-likeness (QED) is 0.551. The van der Waals surface area contributed by atoms with E-state index in [0.717, 1.165) is 31.1 Å². The van der Waals surface area contributed by atoms with Gasteiger partial charge >= 0.3 is 0 Å². The third kappa shape index (κ3) is 2.35. The largest absolute Gasteiger partial charge is 0.390 e. The van der Waals surface area contributed by atoms with Crippen LogP contribution in [0.5, 0.6) is 0 Å². The van der Waals surface area contributed by atoms with Crippen molar-refractivity contribution in [3.05, 3.63) is 23.8 Å². The van der Waals surface area contributed by atoms with E-state index in [0.29, 0.717) is 15.9 Å². The van der Waals surface area contributed by atoms with Crippen molar-refractivity contribution in [3.63, 3.8) is 0 Å². The summed E-state index contributed by atoms with van der Waals surface area (Å²) in [7, 11) is 0. The lowest BCUT2D eigenvalue weighted by Crippen LogP contribution is -2.53. The second kappa shape index (κ2) is 6.07. The van der Waals surface area contributed by atoms with E-state index in [2.05, 4.69) is 50.0 Å². The molecule has 0 aromatic heterocycles. The molecule has 1 heterocycles. The Balaban J connectivity index is 1.48. The number of aliphatic hydroxyl groups is 1. The molecule has 1 N–H and O–H groups in total. The first kappa shape index (κ1) is 18.2. The molecule has 1 spiro atoms. The normalized spacial score (nSPS) is 49.5. The summed E-state index contributed by atoms with van der Waals surface area (Å²) in [5, 5.41) is 11.3. The number of thioether (sulfide) groups is 2. The molecule has 4 unspecified atom stereocenters. The molecule has 5 rings (SSSR count). The lowest BCUT2D eigenvalue weighted by Gasteiger charge is -2.57. The second-order valence-corrected chi connectivity index (χ2v) is 13.0. The molecule has 3 saturated carbocycles. The van der Waals surface area contributed by atoms with Crippen molar-refractivity contribution < 1.29 is 5.11 Å². The Kier molecular flexibility index (Phi) is 4.24. The van der Waals surface area contributed by atoms with Gasteiger partial charge in [-0.3, -0.25) is 0 Å². The standard InChI is InChI=1S/C23H34OS2/c1-4-22-13-15(2)20-17-7-10-23(25-11-12-26-23)14-16(17)5-6-18(20)19(22)8-9-21(22,3)24/h14,17-20,24H,2,4-13H2,1,3H3/t17?,18?,19?,20?,21-,22-/m0/s1. The molecule has 144 valence electrons. The molecule has 26 heavy (non-hydrogen) atoms. The third-order valence-corrected chi connectivity index (χ3v) is 12.4. The van der Waals surface area contributed by atoms with E-state index in [4.69, 9.17) is 0 Å². The molecule has 4 fully saturated rings. The Labute approximate surface area is 167 Å². The van der Waals surface area contributed by atoms with Gasteiger partial charge < -0.3 is 5.11 Å². The van der Waals surface area contributed by atoms with E-state index in [1.165, 1.54) is 49.2 Å². The molecule has 5 aliphatic rings. The maximum Gasteiger partial charge on any atom is 0.0794 e. The number of hydrogen-bond donors (Lipinski definition) is 1. The Bertz CT molecular complexity index is 645. The zero-order chi connectivity index (χ0) is 18.2. The van der Waals surface area contributed by atoms with E-state index in [-0.39, 0.29) is 5.41 Å². The molecule has 1 aliphatic heterocycles. The summed E-state index contributed by atoms with van der Waals surface area (Å²) < 4.78 is 0.416. The minimum Gasteiger partial charge on any atom is -0.390 e. The van der Waals surface area contributed by atoms with Gasteiger partial charge in [0.1, 0.15) is 0 Å². The second-order valence-electron chi connectivity index (χ2n) is 9.87. The van der Waals surface area contributed by atoms with Crippen LogP contribution < -0.4 is 0 Å². The van der Waals surface area contributed by atoms with Crippen LogP contribution in [0, 0.1) is 29.1 Å². The topological polar surface area (TPSA) is 20.2 Å². The first-order valence-electron chi connectivity index (χ1n) is 10.8. The van der Waals surface area contributed by atoms with Crippen molar-refractivity contribution in [1.82, 2.24) is 0 Å². The van der Waals surface area contributed by atoms with Crippen molar-refractivity contribution in [2.45, 2.75) is 74.9 Å². The zero-order valence-electron chi connectivity index (χ0n) is 16.4. The Morgan fingerprint density at radius 2 is 1.96 bits per heavy atom. The number of fused-ring (bicyclic) bond motifs is 5. The van der Waals surface area contributed by atoms with Gasteiger partial charge in [-0.15, -0.1) is 23.5 Å². The molecule has 0 radical (unpaired) electrons. The van der Waals surface area contributed by atoms with Crippen molar-refractivity contribution in [2.75, 3.05) is 11.5 Å². The SMILES string of the molecule is C=C1C[C@@]2(CC)C(CC[C@]2(C)O)C2CCC3=CC4(CCC3C12)SCCS4. The Morgan fingerprint density at radius 1 is 1.19 bits per heavy atom. The highest BCUT2D eigenvalue weighted by Gasteiger charge is 2.63. The van der Waals surface area contributed by atoms with Crippen molar-refractivity contribution >= 4 is 23.5 Å². The molecule has 1 nitrogen and oxygen atoms in total. The lowest BCUT2D eigenvalue weighted by molar-refractivity contribution is -0.102. The fourth-order valence-corrected chi connectivity index (χ4v) is 11.0. The van der Waals surface area contributed by atoms with Gasteiger partial charge in [-0.1, -0.05) is 30.7 Å². The average Bonchev–Trinajstić information content (AvgIpc) is 3.17. The average molecular weight is 391 g/mol.